The number of benzene rings is 7. The molecule has 1 aliphatic heterocycles. The van der Waals surface area contributed by atoms with Crippen LogP contribution in [0, 0.1) is 0 Å². The molecule has 0 unspecified atom stereocenters. The molecule has 37 heavy (non-hydrogen) atoms. The lowest BCUT2D eigenvalue weighted by atomic mass is 9.84. The van der Waals surface area contributed by atoms with E-state index in [9.17, 15) is 2.74 Å². The Bertz CT molecular complexity index is 2360. The van der Waals surface area contributed by atoms with Crippen LogP contribution >= 0.6 is 11.8 Å². The van der Waals surface area contributed by atoms with Gasteiger partial charge >= 0.3 is 0 Å². The third-order valence-electron chi connectivity index (χ3n) is 7.11. The van der Waals surface area contributed by atoms with E-state index in [1.54, 1.807) is 36.0 Å². The molecule has 0 aromatic heterocycles. The van der Waals surface area contributed by atoms with E-state index in [0.29, 0.717) is 22.3 Å². The van der Waals surface area contributed by atoms with Gasteiger partial charge in [-0.1, -0.05) is 133 Å². The average Bonchev–Trinajstić information content (AvgIpc) is 3.07. The van der Waals surface area contributed by atoms with Crippen molar-refractivity contribution in [1.82, 2.24) is 0 Å². The first-order valence-corrected chi connectivity index (χ1v) is 12.9. The zero-order chi connectivity index (χ0) is 31.3. The highest BCUT2D eigenvalue weighted by atomic mass is 32.2. The van der Waals surface area contributed by atoms with E-state index < -0.39 is 24.2 Å². The van der Waals surface area contributed by atoms with Crippen molar-refractivity contribution < 1.29 is 11.0 Å². The van der Waals surface area contributed by atoms with Crippen LogP contribution in [0.2, 0.25) is 0 Å². The molecular weight excluding hydrogens is 464 g/mol. The lowest BCUT2D eigenvalue weighted by molar-refractivity contribution is 1.40. The maximum atomic E-state index is 9.22. The molecule has 7 aromatic carbocycles. The van der Waals surface area contributed by atoms with Crippen molar-refractivity contribution in [3.63, 3.8) is 0 Å². The van der Waals surface area contributed by atoms with Crippen molar-refractivity contribution in [2.75, 3.05) is 0 Å². The summed E-state index contributed by atoms with van der Waals surface area (Å²) in [4.78, 5) is 2.18. The minimum absolute atomic E-state index is 0.222. The maximum absolute atomic E-state index is 9.22. The Kier molecular flexibility index (Phi) is 3.15. The number of hydrogen-bond acceptors (Lipinski definition) is 1. The Morgan fingerprint density at radius 3 is 1.76 bits per heavy atom. The highest BCUT2D eigenvalue weighted by Crippen LogP contribution is 2.51. The molecule has 1 heterocycles. The Morgan fingerprint density at radius 1 is 0.432 bits per heavy atom. The fourth-order valence-corrected chi connectivity index (χ4v) is 6.73. The largest absolute Gasteiger partial charge is 0.0888 e. The van der Waals surface area contributed by atoms with Gasteiger partial charge in [0.25, 0.3) is 0 Å². The van der Waals surface area contributed by atoms with Gasteiger partial charge in [-0.25, -0.2) is 0 Å². The molecule has 0 amide bonds. The molecule has 0 nitrogen and oxygen atoms in total. The first-order valence-electron chi connectivity index (χ1n) is 16.1. The summed E-state index contributed by atoms with van der Waals surface area (Å²) < 4.78 is 71.3. The van der Waals surface area contributed by atoms with Gasteiger partial charge in [0.05, 0.1) is 11.0 Å². The average molecular weight is 495 g/mol. The van der Waals surface area contributed by atoms with Crippen molar-refractivity contribution in [2.24, 2.45) is 0 Å². The summed E-state index contributed by atoms with van der Waals surface area (Å²) in [6, 6.07) is 24.5. The molecule has 0 bridgehead atoms. The topological polar surface area (TPSA) is 0 Å². The van der Waals surface area contributed by atoms with E-state index in [1.165, 1.54) is 0 Å². The van der Waals surface area contributed by atoms with E-state index in [2.05, 4.69) is 18.2 Å². The molecule has 8 rings (SSSR count). The second-order valence-electron chi connectivity index (χ2n) is 9.05. The number of hydrogen-bond donors (Lipinski definition) is 0. The minimum Gasteiger partial charge on any atom is -0.0888 e. The fraction of sp³-hybridized carbons (Fsp3) is 0. The van der Waals surface area contributed by atoms with Crippen LogP contribution in [-0.2, 0) is 0 Å². The van der Waals surface area contributed by atoms with Gasteiger partial charge in [0, 0.05) is 15.2 Å². The Morgan fingerprint density at radius 2 is 1.03 bits per heavy atom. The van der Waals surface area contributed by atoms with Gasteiger partial charge in [-0.05, 0) is 72.4 Å². The van der Waals surface area contributed by atoms with Gasteiger partial charge in [0.1, 0.15) is 0 Å². The zero-order valence-corrected chi connectivity index (χ0v) is 20.3. The van der Waals surface area contributed by atoms with Gasteiger partial charge < -0.3 is 0 Å². The van der Waals surface area contributed by atoms with Crippen LogP contribution in [-0.4, -0.2) is 0 Å². The molecule has 0 saturated heterocycles. The second kappa shape index (κ2) is 8.09. The maximum Gasteiger partial charge on any atom is 0.0629 e. The Balaban J connectivity index is 1.68. The predicted molar refractivity (Wildman–Crippen MR) is 159 cm³/mol. The predicted octanol–water partition coefficient (Wildman–Crippen LogP) is 10.6. The monoisotopic (exact) mass is 494 g/mol. The summed E-state index contributed by atoms with van der Waals surface area (Å²) in [6.45, 7) is 0. The molecule has 0 radical (unpaired) electrons. The molecule has 1 aliphatic rings. The lowest BCUT2D eigenvalue weighted by Crippen LogP contribution is -1.95. The second-order valence-corrected chi connectivity index (χ2v) is 10.1. The summed E-state index contributed by atoms with van der Waals surface area (Å²) in [5, 5.41) is 2.72. The SMILES string of the molecule is [2H]c1c([2H])c([2H])c2c(-c3ccc4c5c(cccc35)Sc3ccccc3-4)c3c([2H])c([2H])c([2H])c([2H])c3c(-c3ccccc3)c2c1[2H]. The molecule has 1 heteroatoms. The molecule has 172 valence electrons. The first-order chi connectivity index (χ1) is 21.7. The van der Waals surface area contributed by atoms with Crippen molar-refractivity contribution in [1.29, 1.82) is 0 Å². The van der Waals surface area contributed by atoms with Crippen LogP contribution in [0.3, 0.4) is 0 Å². The summed E-state index contributed by atoms with van der Waals surface area (Å²) >= 11 is 1.66. The van der Waals surface area contributed by atoms with Crippen LogP contribution in [0.5, 0.6) is 0 Å². The third-order valence-corrected chi connectivity index (χ3v) is 8.24. The molecule has 0 saturated carbocycles. The molecule has 0 aliphatic carbocycles. The summed E-state index contributed by atoms with van der Waals surface area (Å²) in [5.41, 5.74) is 4.09. The van der Waals surface area contributed by atoms with Crippen LogP contribution in [0.1, 0.15) is 11.0 Å². The Labute approximate surface area is 231 Å². The molecule has 7 aromatic rings. The summed E-state index contributed by atoms with van der Waals surface area (Å²) in [5.74, 6) is 0. The number of rotatable bonds is 2. The van der Waals surface area contributed by atoms with E-state index in [0.717, 1.165) is 31.7 Å². The highest BCUT2D eigenvalue weighted by Gasteiger charge is 2.22. The Hall–Kier alpha value is -4.33. The first kappa shape index (κ1) is 14.4. The number of fused-ring (bicyclic) bond motifs is 4. The zero-order valence-electron chi connectivity index (χ0n) is 27.5. The van der Waals surface area contributed by atoms with Crippen molar-refractivity contribution in [3.8, 4) is 33.4 Å². The van der Waals surface area contributed by atoms with Gasteiger partial charge in [-0.3, -0.25) is 0 Å². The van der Waals surface area contributed by atoms with Crippen LogP contribution in [0.4, 0.5) is 0 Å². The van der Waals surface area contributed by atoms with Crippen LogP contribution in [0.25, 0.3) is 65.7 Å². The van der Waals surface area contributed by atoms with Crippen molar-refractivity contribution in [3.05, 3.63) is 133 Å². The van der Waals surface area contributed by atoms with Gasteiger partial charge in [0.2, 0.25) is 0 Å². The van der Waals surface area contributed by atoms with E-state index in [1.807, 2.05) is 42.5 Å². The van der Waals surface area contributed by atoms with E-state index in [4.69, 9.17) is 8.22 Å². The molecule has 0 fully saturated rings. The van der Waals surface area contributed by atoms with Gasteiger partial charge in [0.15, 0.2) is 0 Å². The molecule has 0 spiro atoms. The standard InChI is InChI=1S/C36H22S/c1-2-11-23(12-3-1)34-25-14-4-6-16-27(25)35(28-17-7-5-15-26(28)34)31-22-21-30-24-13-8-9-19-32(24)37-33-20-10-18-29(31)36(30)33/h1-22H/i4D,5D,6D,7D,14D,15D,16D,17D. The minimum atomic E-state index is -0.403. The molecule has 0 atom stereocenters. The fourth-order valence-electron chi connectivity index (χ4n) is 5.59. The van der Waals surface area contributed by atoms with Crippen molar-refractivity contribution >= 4 is 44.1 Å². The molecular formula is C36H22S. The van der Waals surface area contributed by atoms with Crippen LogP contribution < -0.4 is 0 Å². The molecule has 0 N–H and O–H groups in total. The summed E-state index contributed by atoms with van der Waals surface area (Å²) in [6.07, 6.45) is 0. The summed E-state index contributed by atoms with van der Waals surface area (Å²) in [7, 11) is 0. The third kappa shape index (κ3) is 3.05. The van der Waals surface area contributed by atoms with Gasteiger partial charge in [-0.2, -0.15) is 0 Å². The van der Waals surface area contributed by atoms with E-state index >= 15 is 0 Å². The van der Waals surface area contributed by atoms with Gasteiger partial charge in [-0.15, -0.1) is 0 Å². The quantitative estimate of drug-likeness (QED) is 0.215. The van der Waals surface area contributed by atoms with E-state index in [-0.39, 0.29) is 45.7 Å². The normalized spacial score (nSPS) is 15.2. The smallest absolute Gasteiger partial charge is 0.0629 e. The van der Waals surface area contributed by atoms with Crippen molar-refractivity contribution in [2.45, 2.75) is 9.79 Å². The lowest BCUT2D eigenvalue weighted by Gasteiger charge is -2.23. The highest BCUT2D eigenvalue weighted by molar-refractivity contribution is 7.99. The van der Waals surface area contributed by atoms with Crippen LogP contribution in [0.15, 0.2) is 143 Å².